The Morgan fingerprint density at radius 1 is 1.17 bits per heavy atom. The van der Waals surface area contributed by atoms with E-state index in [4.69, 9.17) is 14.2 Å². The maximum atomic E-state index is 11.9. The summed E-state index contributed by atoms with van der Waals surface area (Å²) in [6.07, 6.45) is 1.17. The molecule has 0 atom stereocenters. The van der Waals surface area contributed by atoms with Crippen LogP contribution in [0.2, 0.25) is 0 Å². The van der Waals surface area contributed by atoms with Gasteiger partial charge in [0.1, 0.15) is 11.5 Å². The normalized spacial score (nSPS) is 9.92. The molecule has 2 rings (SSSR count). The van der Waals surface area contributed by atoms with E-state index < -0.39 is 18.5 Å². The van der Waals surface area contributed by atoms with Gasteiger partial charge in [0.25, 0.3) is 5.91 Å². The van der Waals surface area contributed by atoms with Gasteiger partial charge in [0.2, 0.25) is 0 Å². The monoisotopic (exact) mass is 332 g/mol. The first kappa shape index (κ1) is 17.1. The van der Waals surface area contributed by atoms with Crippen LogP contribution in [0.1, 0.15) is 10.5 Å². The first-order chi connectivity index (χ1) is 11.5. The topological polar surface area (TPSA) is 101 Å². The van der Waals surface area contributed by atoms with Crippen LogP contribution in [0.3, 0.4) is 0 Å². The number of ether oxygens (including phenoxy) is 3. The molecule has 0 radical (unpaired) electrons. The molecule has 1 heterocycles. The van der Waals surface area contributed by atoms with Gasteiger partial charge in [-0.25, -0.2) is 4.79 Å². The van der Waals surface area contributed by atoms with Gasteiger partial charge >= 0.3 is 11.7 Å². The van der Waals surface area contributed by atoms with Gasteiger partial charge in [0, 0.05) is 18.2 Å². The van der Waals surface area contributed by atoms with Gasteiger partial charge in [0.15, 0.2) is 12.8 Å². The zero-order valence-electron chi connectivity index (χ0n) is 13.1. The highest BCUT2D eigenvalue weighted by Gasteiger charge is 2.18. The van der Waals surface area contributed by atoms with Crippen molar-refractivity contribution < 1.29 is 28.5 Å². The van der Waals surface area contributed by atoms with Crippen molar-refractivity contribution in [1.29, 1.82) is 0 Å². The highest BCUT2D eigenvalue weighted by molar-refractivity contribution is 5.95. The summed E-state index contributed by atoms with van der Waals surface area (Å²) < 4.78 is 15.4. The molecule has 1 amide bonds. The summed E-state index contributed by atoms with van der Waals surface area (Å²) in [5.74, 6) is -0.488. The fourth-order valence-electron chi connectivity index (χ4n) is 1.88. The Morgan fingerprint density at radius 2 is 1.96 bits per heavy atom. The SMILES string of the molecule is COc1ccc(NC(=O)COC(=O)c2cccc[n+]2[O-])c(OC)c1. The lowest BCUT2D eigenvalue weighted by molar-refractivity contribution is -0.608. The maximum Gasteiger partial charge on any atom is 0.405 e. The highest BCUT2D eigenvalue weighted by Crippen LogP contribution is 2.28. The molecule has 0 saturated heterocycles. The number of carbonyl (C=O) groups is 2. The number of hydrogen-bond donors (Lipinski definition) is 1. The Morgan fingerprint density at radius 3 is 2.62 bits per heavy atom. The Bertz CT molecular complexity index is 747. The number of amides is 1. The molecule has 0 aliphatic rings. The molecular formula is C16H16N2O6. The smallest absolute Gasteiger partial charge is 0.405 e. The number of methoxy groups -OCH3 is 2. The lowest BCUT2D eigenvalue weighted by Gasteiger charge is -2.11. The number of pyridine rings is 1. The van der Waals surface area contributed by atoms with E-state index in [-0.39, 0.29) is 5.69 Å². The van der Waals surface area contributed by atoms with Gasteiger partial charge in [-0.3, -0.25) is 4.79 Å². The summed E-state index contributed by atoms with van der Waals surface area (Å²) in [4.78, 5) is 23.7. The average molecular weight is 332 g/mol. The average Bonchev–Trinajstić information content (AvgIpc) is 2.60. The number of hydrogen-bond acceptors (Lipinski definition) is 6. The molecule has 0 bridgehead atoms. The number of aromatic nitrogens is 1. The number of carbonyl (C=O) groups excluding carboxylic acids is 2. The predicted octanol–water partition coefficient (Wildman–Crippen LogP) is 1.13. The molecule has 0 aliphatic carbocycles. The quantitative estimate of drug-likeness (QED) is 0.483. The minimum Gasteiger partial charge on any atom is -0.618 e. The maximum absolute atomic E-state index is 11.9. The van der Waals surface area contributed by atoms with E-state index in [1.165, 1.54) is 38.6 Å². The van der Waals surface area contributed by atoms with Crippen molar-refractivity contribution in [3.8, 4) is 11.5 Å². The van der Waals surface area contributed by atoms with Crippen LogP contribution in [0.15, 0.2) is 42.6 Å². The van der Waals surface area contributed by atoms with Crippen molar-refractivity contribution in [2.24, 2.45) is 0 Å². The largest absolute Gasteiger partial charge is 0.618 e. The molecule has 2 aromatic rings. The molecular weight excluding hydrogens is 316 g/mol. The Hall–Kier alpha value is -3.29. The lowest BCUT2D eigenvalue weighted by atomic mass is 10.2. The van der Waals surface area contributed by atoms with Gasteiger partial charge in [0.05, 0.1) is 19.9 Å². The van der Waals surface area contributed by atoms with Crippen molar-refractivity contribution in [3.63, 3.8) is 0 Å². The van der Waals surface area contributed by atoms with Crippen molar-refractivity contribution in [2.45, 2.75) is 0 Å². The van der Waals surface area contributed by atoms with E-state index in [9.17, 15) is 14.8 Å². The summed E-state index contributed by atoms with van der Waals surface area (Å²) in [5.41, 5.74) is 0.199. The summed E-state index contributed by atoms with van der Waals surface area (Å²) in [6, 6.07) is 9.15. The van der Waals surface area contributed by atoms with Crippen molar-refractivity contribution >= 4 is 17.6 Å². The molecule has 126 valence electrons. The van der Waals surface area contributed by atoms with Gasteiger partial charge in [-0.2, -0.15) is 4.73 Å². The molecule has 8 heteroatoms. The predicted molar refractivity (Wildman–Crippen MR) is 83.9 cm³/mol. The van der Waals surface area contributed by atoms with E-state index in [0.717, 1.165) is 0 Å². The number of nitrogens with zero attached hydrogens (tertiary/aromatic N) is 1. The number of rotatable bonds is 6. The van der Waals surface area contributed by atoms with Crippen LogP contribution >= 0.6 is 0 Å². The molecule has 0 saturated carbocycles. The highest BCUT2D eigenvalue weighted by atomic mass is 16.5. The summed E-state index contributed by atoms with van der Waals surface area (Å²) >= 11 is 0. The van der Waals surface area contributed by atoms with Crippen LogP contribution in [-0.2, 0) is 9.53 Å². The molecule has 1 aromatic carbocycles. The second-order valence-corrected chi connectivity index (χ2v) is 4.60. The van der Waals surface area contributed by atoms with Crippen molar-refractivity contribution in [1.82, 2.24) is 0 Å². The van der Waals surface area contributed by atoms with Crippen LogP contribution in [-0.4, -0.2) is 32.7 Å². The Labute approximate surface area is 138 Å². The van der Waals surface area contributed by atoms with Crippen LogP contribution in [0.4, 0.5) is 5.69 Å². The van der Waals surface area contributed by atoms with E-state index in [0.29, 0.717) is 21.9 Å². The molecule has 0 spiro atoms. The third-order valence-electron chi connectivity index (χ3n) is 3.05. The van der Waals surface area contributed by atoms with E-state index in [2.05, 4.69) is 5.32 Å². The second-order valence-electron chi connectivity index (χ2n) is 4.60. The number of anilines is 1. The standard InChI is InChI=1S/C16H16N2O6/c1-22-11-6-7-12(14(9-11)23-2)17-15(19)10-24-16(20)13-5-3-4-8-18(13)21/h3-9H,10H2,1-2H3,(H,17,19). The van der Waals surface area contributed by atoms with Crippen LogP contribution in [0.5, 0.6) is 11.5 Å². The third kappa shape index (κ3) is 4.13. The van der Waals surface area contributed by atoms with Gasteiger partial charge in [-0.05, 0) is 18.2 Å². The van der Waals surface area contributed by atoms with Crippen LogP contribution < -0.4 is 19.5 Å². The van der Waals surface area contributed by atoms with Crippen molar-refractivity contribution in [3.05, 3.63) is 53.5 Å². The van der Waals surface area contributed by atoms with E-state index in [1.54, 1.807) is 18.2 Å². The lowest BCUT2D eigenvalue weighted by Crippen LogP contribution is -2.35. The van der Waals surface area contributed by atoms with Crippen molar-refractivity contribution in [2.75, 3.05) is 26.1 Å². The summed E-state index contributed by atoms with van der Waals surface area (Å²) in [7, 11) is 2.96. The molecule has 0 fully saturated rings. The molecule has 1 N–H and O–H groups in total. The van der Waals surface area contributed by atoms with Gasteiger partial charge in [-0.15, -0.1) is 0 Å². The van der Waals surface area contributed by atoms with E-state index >= 15 is 0 Å². The fraction of sp³-hybridized carbons (Fsp3) is 0.188. The zero-order chi connectivity index (χ0) is 17.5. The minimum atomic E-state index is -0.887. The molecule has 1 aromatic heterocycles. The number of benzene rings is 1. The zero-order valence-corrected chi connectivity index (χ0v) is 13.1. The van der Waals surface area contributed by atoms with Gasteiger partial charge < -0.3 is 24.7 Å². The Kier molecular flexibility index (Phi) is 5.56. The van der Waals surface area contributed by atoms with Gasteiger partial charge in [-0.1, -0.05) is 0 Å². The minimum absolute atomic E-state index is 0.202. The first-order valence-corrected chi connectivity index (χ1v) is 6.92. The number of nitrogens with one attached hydrogen (secondary N) is 1. The Balaban J connectivity index is 1.96. The second kappa shape index (κ2) is 7.82. The third-order valence-corrected chi connectivity index (χ3v) is 3.05. The van der Waals surface area contributed by atoms with E-state index in [1.807, 2.05) is 0 Å². The molecule has 0 aliphatic heterocycles. The summed E-state index contributed by atoms with van der Waals surface area (Å²) in [5, 5.41) is 14.0. The molecule has 24 heavy (non-hydrogen) atoms. The summed E-state index contributed by atoms with van der Waals surface area (Å²) in [6.45, 7) is -0.539. The molecule has 0 unspecified atom stereocenters. The van der Waals surface area contributed by atoms with Crippen LogP contribution in [0, 0.1) is 5.21 Å². The fourth-order valence-corrected chi connectivity index (χ4v) is 1.88. The first-order valence-electron chi connectivity index (χ1n) is 6.92. The number of esters is 1. The molecule has 8 nitrogen and oxygen atoms in total. The van der Waals surface area contributed by atoms with Crippen LogP contribution in [0.25, 0.3) is 0 Å².